The van der Waals surface area contributed by atoms with Crippen molar-refractivity contribution in [3.8, 4) is 22.1 Å². The Morgan fingerprint density at radius 2 is 1.82 bits per heavy atom. The highest BCUT2D eigenvalue weighted by Crippen LogP contribution is 2.31. The Morgan fingerprint density at radius 3 is 2.64 bits per heavy atom. The van der Waals surface area contributed by atoms with Crippen LogP contribution in [-0.4, -0.2) is 15.9 Å². The lowest BCUT2D eigenvalue weighted by atomic mass is 10.2. The van der Waals surface area contributed by atoms with Crippen LogP contribution in [0.2, 0.25) is 5.02 Å². The highest BCUT2D eigenvalue weighted by molar-refractivity contribution is 7.17. The molecule has 4 rings (SSSR count). The van der Waals surface area contributed by atoms with Gasteiger partial charge in [0.05, 0.1) is 11.2 Å². The third kappa shape index (κ3) is 4.19. The molecular weight excluding hydrogens is 394 g/mol. The molecule has 1 amide bonds. The summed E-state index contributed by atoms with van der Waals surface area (Å²) in [6, 6.07) is 18.1. The zero-order chi connectivity index (χ0) is 19.3. The SMILES string of the molecule is O=C(Nc1cccc(Oc2ccncc2)c1)c1cnc(-c2ccccc2Cl)s1. The van der Waals surface area contributed by atoms with Gasteiger partial charge in [0.2, 0.25) is 0 Å². The molecule has 1 N–H and O–H groups in total. The summed E-state index contributed by atoms with van der Waals surface area (Å²) in [7, 11) is 0. The fourth-order valence-corrected chi connectivity index (χ4v) is 3.64. The lowest BCUT2D eigenvalue weighted by molar-refractivity contribution is 0.103. The van der Waals surface area contributed by atoms with E-state index in [1.807, 2.05) is 30.3 Å². The van der Waals surface area contributed by atoms with Crippen molar-refractivity contribution in [2.45, 2.75) is 0 Å². The lowest BCUT2D eigenvalue weighted by Gasteiger charge is -2.08. The Balaban J connectivity index is 1.48. The zero-order valence-electron chi connectivity index (χ0n) is 14.5. The maximum Gasteiger partial charge on any atom is 0.267 e. The van der Waals surface area contributed by atoms with E-state index in [0.717, 1.165) is 5.56 Å². The van der Waals surface area contributed by atoms with E-state index < -0.39 is 0 Å². The van der Waals surface area contributed by atoms with Crippen LogP contribution in [0.15, 0.2) is 79.3 Å². The smallest absolute Gasteiger partial charge is 0.267 e. The molecule has 28 heavy (non-hydrogen) atoms. The number of nitrogens with one attached hydrogen (secondary N) is 1. The molecule has 0 fully saturated rings. The molecule has 4 aromatic rings. The number of hydrogen-bond acceptors (Lipinski definition) is 5. The number of pyridine rings is 1. The molecule has 2 heterocycles. The van der Waals surface area contributed by atoms with Gasteiger partial charge in [-0.25, -0.2) is 4.98 Å². The van der Waals surface area contributed by atoms with Crippen LogP contribution in [0.1, 0.15) is 9.67 Å². The summed E-state index contributed by atoms with van der Waals surface area (Å²) in [4.78, 5) is 21.4. The summed E-state index contributed by atoms with van der Waals surface area (Å²) < 4.78 is 5.77. The minimum Gasteiger partial charge on any atom is -0.457 e. The van der Waals surface area contributed by atoms with Gasteiger partial charge < -0.3 is 10.1 Å². The summed E-state index contributed by atoms with van der Waals surface area (Å²) in [5.41, 5.74) is 1.44. The van der Waals surface area contributed by atoms with Crippen molar-refractivity contribution in [2.24, 2.45) is 0 Å². The molecule has 0 aliphatic rings. The third-order valence-corrected chi connectivity index (χ3v) is 5.17. The molecule has 0 saturated carbocycles. The fraction of sp³-hybridized carbons (Fsp3) is 0. The van der Waals surface area contributed by atoms with Crippen LogP contribution >= 0.6 is 22.9 Å². The van der Waals surface area contributed by atoms with Crippen molar-refractivity contribution in [1.82, 2.24) is 9.97 Å². The van der Waals surface area contributed by atoms with Gasteiger partial charge >= 0.3 is 0 Å². The molecule has 0 spiro atoms. The van der Waals surface area contributed by atoms with E-state index in [1.165, 1.54) is 11.3 Å². The minimum absolute atomic E-state index is 0.239. The second-order valence-corrected chi connectivity index (χ2v) is 7.21. The van der Waals surface area contributed by atoms with Crippen LogP contribution in [0.25, 0.3) is 10.6 Å². The lowest BCUT2D eigenvalue weighted by Crippen LogP contribution is -2.10. The van der Waals surface area contributed by atoms with Crippen LogP contribution in [0.4, 0.5) is 5.69 Å². The summed E-state index contributed by atoms with van der Waals surface area (Å²) in [5.74, 6) is 1.05. The first kappa shape index (κ1) is 18.2. The molecule has 0 aliphatic heterocycles. The molecule has 7 heteroatoms. The van der Waals surface area contributed by atoms with Gasteiger partial charge in [-0.2, -0.15) is 0 Å². The largest absolute Gasteiger partial charge is 0.457 e. The number of anilines is 1. The number of amides is 1. The van der Waals surface area contributed by atoms with E-state index >= 15 is 0 Å². The quantitative estimate of drug-likeness (QED) is 0.447. The number of aromatic nitrogens is 2. The van der Waals surface area contributed by atoms with Gasteiger partial charge in [-0.1, -0.05) is 35.9 Å². The summed E-state index contributed by atoms with van der Waals surface area (Å²) in [6.07, 6.45) is 4.86. The van der Waals surface area contributed by atoms with Gasteiger partial charge in [-0.15, -0.1) is 11.3 Å². The first-order valence-corrected chi connectivity index (χ1v) is 9.58. The van der Waals surface area contributed by atoms with Crippen molar-refractivity contribution in [2.75, 3.05) is 5.32 Å². The molecule has 2 aromatic carbocycles. The van der Waals surface area contributed by atoms with Crippen LogP contribution in [-0.2, 0) is 0 Å². The van der Waals surface area contributed by atoms with Crippen molar-refractivity contribution in [3.05, 3.63) is 89.2 Å². The topological polar surface area (TPSA) is 64.1 Å². The van der Waals surface area contributed by atoms with E-state index in [9.17, 15) is 4.79 Å². The molecule has 0 atom stereocenters. The van der Waals surface area contributed by atoms with Crippen molar-refractivity contribution in [1.29, 1.82) is 0 Å². The van der Waals surface area contributed by atoms with Gasteiger partial charge in [-0.3, -0.25) is 9.78 Å². The van der Waals surface area contributed by atoms with Gasteiger partial charge in [0.25, 0.3) is 5.91 Å². The maximum absolute atomic E-state index is 12.6. The Labute approximate surface area is 170 Å². The summed E-state index contributed by atoms with van der Waals surface area (Å²) in [6.45, 7) is 0. The highest BCUT2D eigenvalue weighted by Gasteiger charge is 2.14. The predicted molar refractivity (Wildman–Crippen MR) is 111 cm³/mol. The van der Waals surface area contributed by atoms with Crippen molar-refractivity contribution < 1.29 is 9.53 Å². The number of thiazole rings is 1. The Morgan fingerprint density at radius 1 is 1.00 bits per heavy atom. The number of nitrogens with zero attached hydrogens (tertiary/aromatic N) is 2. The van der Waals surface area contributed by atoms with Gasteiger partial charge in [-0.05, 0) is 30.3 Å². The fourth-order valence-electron chi connectivity index (χ4n) is 2.51. The molecule has 0 saturated heterocycles. The number of carbonyl (C=O) groups excluding carboxylic acids is 1. The number of ether oxygens (including phenoxy) is 1. The molecule has 138 valence electrons. The molecule has 5 nitrogen and oxygen atoms in total. The molecule has 0 aliphatic carbocycles. The zero-order valence-corrected chi connectivity index (χ0v) is 16.1. The standard InChI is InChI=1S/C21H14ClN3O2S/c22-18-7-2-1-6-17(18)21-24-13-19(28-21)20(26)25-14-4-3-5-16(12-14)27-15-8-10-23-11-9-15/h1-13H,(H,25,26). The average molecular weight is 408 g/mol. The van der Waals surface area contributed by atoms with Crippen LogP contribution in [0.3, 0.4) is 0 Å². The van der Waals surface area contributed by atoms with Crippen LogP contribution in [0.5, 0.6) is 11.5 Å². The number of halogens is 1. The van der Waals surface area contributed by atoms with E-state index in [1.54, 1.807) is 48.9 Å². The first-order valence-electron chi connectivity index (χ1n) is 8.39. The van der Waals surface area contributed by atoms with E-state index in [2.05, 4.69) is 15.3 Å². The Bertz CT molecular complexity index is 1120. The van der Waals surface area contributed by atoms with Gasteiger partial charge in [0.1, 0.15) is 21.4 Å². The Hall–Kier alpha value is -3.22. The summed E-state index contributed by atoms with van der Waals surface area (Å²) in [5, 5.41) is 4.17. The summed E-state index contributed by atoms with van der Waals surface area (Å²) >= 11 is 7.50. The van der Waals surface area contributed by atoms with Crippen molar-refractivity contribution in [3.63, 3.8) is 0 Å². The van der Waals surface area contributed by atoms with Crippen LogP contribution < -0.4 is 10.1 Å². The number of hydrogen-bond donors (Lipinski definition) is 1. The molecule has 0 unspecified atom stereocenters. The van der Waals surface area contributed by atoms with Gasteiger partial charge in [0, 0.05) is 29.7 Å². The normalized spacial score (nSPS) is 10.5. The molecule has 0 radical (unpaired) electrons. The molecule has 0 bridgehead atoms. The maximum atomic E-state index is 12.6. The molecular formula is C21H14ClN3O2S. The van der Waals surface area contributed by atoms with E-state index in [-0.39, 0.29) is 5.91 Å². The van der Waals surface area contributed by atoms with E-state index in [0.29, 0.717) is 32.1 Å². The number of rotatable bonds is 5. The monoisotopic (exact) mass is 407 g/mol. The van der Waals surface area contributed by atoms with Crippen molar-refractivity contribution >= 4 is 34.5 Å². The highest BCUT2D eigenvalue weighted by atomic mass is 35.5. The second kappa shape index (κ2) is 8.21. The van der Waals surface area contributed by atoms with Crippen LogP contribution in [0, 0.1) is 0 Å². The number of benzene rings is 2. The van der Waals surface area contributed by atoms with E-state index in [4.69, 9.17) is 16.3 Å². The first-order chi connectivity index (χ1) is 13.7. The molecule has 2 aromatic heterocycles. The predicted octanol–water partition coefficient (Wildman–Crippen LogP) is 5.90. The second-order valence-electron chi connectivity index (χ2n) is 5.78. The number of carbonyl (C=O) groups is 1. The average Bonchev–Trinajstić information content (AvgIpc) is 3.20. The minimum atomic E-state index is -0.239. The van der Waals surface area contributed by atoms with Gasteiger partial charge in [0.15, 0.2) is 0 Å². The third-order valence-electron chi connectivity index (χ3n) is 3.81. The Kier molecular flexibility index (Phi) is 5.32.